The van der Waals surface area contributed by atoms with Crippen molar-refractivity contribution in [2.75, 3.05) is 19.0 Å². The van der Waals surface area contributed by atoms with Gasteiger partial charge in [-0.1, -0.05) is 63.2 Å². The fraction of sp³-hybridized carbons (Fsp3) is 0.281. The van der Waals surface area contributed by atoms with E-state index in [1.165, 1.54) is 18.7 Å². The zero-order valence-electron chi connectivity index (χ0n) is 23.7. The molecule has 0 saturated heterocycles. The SMILES string of the molecule is CCCOC(=O)c1c(NC(=O)c2ccc(COc3ccc(C(C)(C)c4ccccc4)cc3)o2)sc(C(=O)OC)c1C. The van der Waals surface area contributed by atoms with Gasteiger partial charge in [0.1, 0.15) is 28.0 Å². The van der Waals surface area contributed by atoms with E-state index in [0.717, 1.165) is 16.9 Å². The first-order chi connectivity index (χ1) is 19.6. The van der Waals surface area contributed by atoms with Gasteiger partial charge in [0.15, 0.2) is 5.76 Å². The van der Waals surface area contributed by atoms with Crippen LogP contribution in [0.1, 0.15) is 80.2 Å². The third-order valence-electron chi connectivity index (χ3n) is 6.72. The number of thiophene rings is 1. The van der Waals surface area contributed by atoms with Crippen LogP contribution in [-0.2, 0) is 21.5 Å². The number of anilines is 1. The summed E-state index contributed by atoms with van der Waals surface area (Å²) < 4.78 is 21.7. The topological polar surface area (TPSA) is 104 Å². The number of carbonyl (C=O) groups is 3. The number of furan rings is 1. The Balaban J connectivity index is 1.42. The molecule has 0 spiro atoms. The van der Waals surface area contributed by atoms with Gasteiger partial charge in [-0.3, -0.25) is 4.79 Å². The molecule has 0 atom stereocenters. The van der Waals surface area contributed by atoms with E-state index in [4.69, 9.17) is 18.6 Å². The van der Waals surface area contributed by atoms with Crippen molar-refractivity contribution in [1.29, 1.82) is 0 Å². The number of nitrogens with one attached hydrogen (secondary N) is 1. The predicted octanol–water partition coefficient (Wildman–Crippen LogP) is 7.16. The highest BCUT2D eigenvalue weighted by atomic mass is 32.1. The highest BCUT2D eigenvalue weighted by molar-refractivity contribution is 7.18. The number of ether oxygens (including phenoxy) is 3. The van der Waals surface area contributed by atoms with Crippen molar-refractivity contribution in [3.05, 3.63) is 105 Å². The van der Waals surface area contributed by atoms with Crippen LogP contribution < -0.4 is 10.1 Å². The summed E-state index contributed by atoms with van der Waals surface area (Å²) in [5, 5.41) is 2.86. The molecular formula is C32H33NO7S. The number of hydrogen-bond acceptors (Lipinski definition) is 8. The maximum Gasteiger partial charge on any atom is 0.348 e. The van der Waals surface area contributed by atoms with Gasteiger partial charge in [0.05, 0.1) is 19.3 Å². The van der Waals surface area contributed by atoms with E-state index in [0.29, 0.717) is 23.5 Å². The first-order valence-electron chi connectivity index (χ1n) is 13.2. The van der Waals surface area contributed by atoms with Gasteiger partial charge < -0.3 is 23.9 Å². The second kappa shape index (κ2) is 12.9. The predicted molar refractivity (Wildman–Crippen MR) is 157 cm³/mol. The molecule has 214 valence electrons. The fourth-order valence-corrected chi connectivity index (χ4v) is 5.40. The minimum absolute atomic E-state index is 0.0297. The highest BCUT2D eigenvalue weighted by Crippen LogP contribution is 2.35. The Labute approximate surface area is 243 Å². The molecule has 9 heteroatoms. The van der Waals surface area contributed by atoms with E-state index in [1.807, 2.05) is 49.4 Å². The van der Waals surface area contributed by atoms with Gasteiger partial charge in [0.25, 0.3) is 5.91 Å². The average molecular weight is 576 g/mol. The number of hydrogen-bond donors (Lipinski definition) is 1. The Morgan fingerprint density at radius 3 is 2.27 bits per heavy atom. The van der Waals surface area contributed by atoms with Crippen molar-refractivity contribution < 1.29 is 33.0 Å². The van der Waals surface area contributed by atoms with Gasteiger partial charge >= 0.3 is 11.9 Å². The maximum atomic E-state index is 13.0. The van der Waals surface area contributed by atoms with Crippen molar-refractivity contribution >= 4 is 34.2 Å². The van der Waals surface area contributed by atoms with Crippen molar-refractivity contribution in [1.82, 2.24) is 0 Å². The number of methoxy groups -OCH3 is 1. The van der Waals surface area contributed by atoms with Gasteiger partial charge in [-0.2, -0.15) is 0 Å². The quantitative estimate of drug-likeness (QED) is 0.189. The van der Waals surface area contributed by atoms with Gasteiger partial charge in [0.2, 0.25) is 0 Å². The Morgan fingerprint density at radius 1 is 0.927 bits per heavy atom. The summed E-state index contributed by atoms with van der Waals surface area (Å²) in [5.74, 6) is -0.666. The molecule has 0 aliphatic carbocycles. The standard InChI is InChI=1S/C32H33NO7S/c1-6-18-38-30(35)26-20(2)27(31(36)37-5)41-29(26)33-28(34)25-17-16-24(40-25)19-39-23-14-12-22(13-15-23)32(3,4)21-10-8-7-9-11-21/h7-17H,6,18-19H2,1-5H3,(H,33,34). The van der Waals surface area contributed by atoms with E-state index < -0.39 is 17.8 Å². The number of carbonyl (C=O) groups excluding carboxylic acids is 3. The Bertz CT molecular complexity index is 1520. The fourth-order valence-electron chi connectivity index (χ4n) is 4.29. The molecule has 0 fully saturated rings. The van der Waals surface area contributed by atoms with Crippen molar-refractivity contribution in [2.45, 2.75) is 46.1 Å². The van der Waals surface area contributed by atoms with Crippen LogP contribution in [0.4, 0.5) is 5.00 Å². The molecule has 1 N–H and O–H groups in total. The lowest BCUT2D eigenvalue weighted by molar-refractivity contribution is 0.0506. The molecule has 0 aliphatic rings. The summed E-state index contributed by atoms with van der Waals surface area (Å²) in [4.78, 5) is 38.1. The van der Waals surface area contributed by atoms with Crippen LogP contribution in [0, 0.1) is 6.92 Å². The molecule has 4 aromatic rings. The molecule has 2 heterocycles. The Morgan fingerprint density at radius 2 is 1.61 bits per heavy atom. The van der Waals surface area contributed by atoms with E-state index in [1.54, 1.807) is 13.0 Å². The Kier molecular flexibility index (Phi) is 9.29. The molecule has 0 radical (unpaired) electrons. The van der Waals surface area contributed by atoms with E-state index >= 15 is 0 Å². The zero-order valence-corrected chi connectivity index (χ0v) is 24.6. The molecule has 0 unspecified atom stereocenters. The van der Waals surface area contributed by atoms with Crippen molar-refractivity contribution in [3.63, 3.8) is 0 Å². The first kappa shape index (κ1) is 29.6. The van der Waals surface area contributed by atoms with Crippen LogP contribution in [0.3, 0.4) is 0 Å². The third-order valence-corrected chi connectivity index (χ3v) is 7.91. The smallest absolute Gasteiger partial charge is 0.348 e. The number of rotatable bonds is 11. The van der Waals surface area contributed by atoms with E-state index in [9.17, 15) is 14.4 Å². The van der Waals surface area contributed by atoms with Gasteiger partial charge in [-0.15, -0.1) is 11.3 Å². The number of amides is 1. The van der Waals surface area contributed by atoms with Crippen molar-refractivity contribution in [2.24, 2.45) is 0 Å². The van der Waals surface area contributed by atoms with E-state index in [-0.39, 0.29) is 39.8 Å². The summed E-state index contributed by atoms with van der Waals surface area (Å²) in [5.41, 5.74) is 2.72. The van der Waals surface area contributed by atoms with Crippen LogP contribution in [0.2, 0.25) is 0 Å². The largest absolute Gasteiger partial charge is 0.486 e. The summed E-state index contributed by atoms with van der Waals surface area (Å²) in [6.07, 6.45) is 0.632. The summed E-state index contributed by atoms with van der Waals surface area (Å²) in [6.45, 7) is 8.17. The molecule has 0 bridgehead atoms. The highest BCUT2D eigenvalue weighted by Gasteiger charge is 2.28. The lowest BCUT2D eigenvalue weighted by atomic mass is 9.78. The molecular weight excluding hydrogens is 542 g/mol. The van der Waals surface area contributed by atoms with Gasteiger partial charge in [-0.05, 0) is 54.3 Å². The zero-order chi connectivity index (χ0) is 29.6. The average Bonchev–Trinajstić information content (AvgIpc) is 3.59. The lowest BCUT2D eigenvalue weighted by Crippen LogP contribution is -2.18. The molecule has 4 rings (SSSR count). The molecule has 8 nitrogen and oxygen atoms in total. The number of esters is 2. The molecule has 2 aromatic carbocycles. The lowest BCUT2D eigenvalue weighted by Gasteiger charge is -2.26. The van der Waals surface area contributed by atoms with Crippen LogP contribution in [0.25, 0.3) is 0 Å². The van der Waals surface area contributed by atoms with Gasteiger partial charge in [-0.25, -0.2) is 9.59 Å². The Hall–Kier alpha value is -4.37. The summed E-state index contributed by atoms with van der Waals surface area (Å²) in [7, 11) is 1.25. The molecule has 2 aromatic heterocycles. The molecule has 41 heavy (non-hydrogen) atoms. The van der Waals surface area contributed by atoms with Gasteiger partial charge in [0, 0.05) is 5.41 Å². The second-order valence-electron chi connectivity index (χ2n) is 9.91. The van der Waals surface area contributed by atoms with Crippen LogP contribution in [0.5, 0.6) is 5.75 Å². The minimum Gasteiger partial charge on any atom is -0.486 e. The molecule has 1 amide bonds. The first-order valence-corrected chi connectivity index (χ1v) is 14.0. The number of benzene rings is 2. The summed E-state index contributed by atoms with van der Waals surface area (Å²) in [6, 6.07) is 21.4. The molecule has 0 saturated carbocycles. The van der Waals surface area contributed by atoms with Crippen molar-refractivity contribution in [3.8, 4) is 5.75 Å². The normalized spacial score (nSPS) is 11.1. The third kappa shape index (κ3) is 6.69. The minimum atomic E-state index is -0.627. The van der Waals surface area contributed by atoms with Crippen LogP contribution >= 0.6 is 11.3 Å². The summed E-state index contributed by atoms with van der Waals surface area (Å²) >= 11 is 0.945. The second-order valence-corrected chi connectivity index (χ2v) is 10.9. The van der Waals surface area contributed by atoms with Crippen LogP contribution in [-0.4, -0.2) is 31.6 Å². The molecule has 0 aliphatic heterocycles. The maximum absolute atomic E-state index is 13.0. The van der Waals surface area contributed by atoms with E-state index in [2.05, 4.69) is 31.3 Å². The van der Waals surface area contributed by atoms with Crippen LogP contribution in [0.15, 0.2) is 71.1 Å². The monoisotopic (exact) mass is 575 g/mol.